The summed E-state index contributed by atoms with van der Waals surface area (Å²) >= 11 is 0. The van der Waals surface area contributed by atoms with Gasteiger partial charge in [-0.05, 0) is 12.1 Å². The van der Waals surface area contributed by atoms with Gasteiger partial charge in [-0.2, -0.15) is 5.26 Å². The third-order valence-corrected chi connectivity index (χ3v) is 2.31. The maximum atomic E-state index is 11.5. The van der Waals surface area contributed by atoms with Crippen LogP contribution >= 0.6 is 0 Å². The molecule has 0 fully saturated rings. The second kappa shape index (κ2) is 7.20. The van der Waals surface area contributed by atoms with Crippen LogP contribution in [0.2, 0.25) is 0 Å². The molecular formula is C12H15N3O4. The highest BCUT2D eigenvalue weighted by Gasteiger charge is 2.21. The number of hydrazine groups is 1. The SMILES string of the molecule is COCC(Oc1ccc(C#N)cc1OC)C(=O)NN. The Bertz CT molecular complexity index is 484. The number of methoxy groups -OCH3 is 2. The molecule has 19 heavy (non-hydrogen) atoms. The Balaban J connectivity index is 2.96. The highest BCUT2D eigenvalue weighted by molar-refractivity contribution is 5.80. The molecule has 0 heterocycles. The fourth-order valence-electron chi connectivity index (χ4n) is 1.40. The molecule has 0 spiro atoms. The van der Waals surface area contributed by atoms with Crippen molar-refractivity contribution in [1.29, 1.82) is 5.26 Å². The normalized spacial score (nSPS) is 11.3. The molecule has 0 saturated heterocycles. The van der Waals surface area contributed by atoms with Crippen molar-refractivity contribution in [2.45, 2.75) is 6.10 Å². The van der Waals surface area contributed by atoms with Crippen LogP contribution in [-0.4, -0.2) is 32.8 Å². The Morgan fingerprint density at radius 1 is 1.47 bits per heavy atom. The van der Waals surface area contributed by atoms with E-state index in [9.17, 15) is 4.79 Å². The highest BCUT2D eigenvalue weighted by Crippen LogP contribution is 2.28. The first kappa shape index (κ1) is 14.8. The molecule has 0 radical (unpaired) electrons. The minimum absolute atomic E-state index is 0.0339. The van der Waals surface area contributed by atoms with Gasteiger partial charge in [0, 0.05) is 13.2 Å². The van der Waals surface area contributed by atoms with Crippen molar-refractivity contribution < 1.29 is 19.0 Å². The number of nitriles is 1. The fourth-order valence-corrected chi connectivity index (χ4v) is 1.40. The second-order valence-corrected chi connectivity index (χ2v) is 3.55. The number of benzene rings is 1. The van der Waals surface area contributed by atoms with E-state index in [-0.39, 0.29) is 6.61 Å². The average molecular weight is 265 g/mol. The summed E-state index contributed by atoms with van der Waals surface area (Å²) in [7, 11) is 2.88. The van der Waals surface area contributed by atoms with Crippen LogP contribution in [0.1, 0.15) is 5.56 Å². The number of carbonyl (C=O) groups excluding carboxylic acids is 1. The van der Waals surface area contributed by atoms with Crippen molar-refractivity contribution in [3.8, 4) is 17.6 Å². The number of ether oxygens (including phenoxy) is 3. The van der Waals surface area contributed by atoms with E-state index in [1.807, 2.05) is 11.5 Å². The molecule has 102 valence electrons. The second-order valence-electron chi connectivity index (χ2n) is 3.55. The van der Waals surface area contributed by atoms with Crippen molar-refractivity contribution in [2.24, 2.45) is 5.84 Å². The summed E-state index contributed by atoms with van der Waals surface area (Å²) in [6.07, 6.45) is -0.906. The minimum atomic E-state index is -0.906. The fraction of sp³-hybridized carbons (Fsp3) is 0.333. The zero-order valence-corrected chi connectivity index (χ0v) is 10.7. The van der Waals surface area contributed by atoms with Gasteiger partial charge in [-0.1, -0.05) is 0 Å². The number of amides is 1. The van der Waals surface area contributed by atoms with E-state index < -0.39 is 12.0 Å². The Labute approximate surface area is 110 Å². The summed E-state index contributed by atoms with van der Waals surface area (Å²) in [6.45, 7) is 0.0339. The van der Waals surface area contributed by atoms with E-state index in [1.54, 1.807) is 12.1 Å². The largest absolute Gasteiger partial charge is 0.493 e. The van der Waals surface area contributed by atoms with Crippen molar-refractivity contribution in [1.82, 2.24) is 5.43 Å². The molecule has 1 aromatic carbocycles. The van der Waals surface area contributed by atoms with E-state index in [2.05, 4.69) is 0 Å². The van der Waals surface area contributed by atoms with Gasteiger partial charge in [0.25, 0.3) is 5.91 Å². The lowest BCUT2D eigenvalue weighted by Gasteiger charge is -2.18. The van der Waals surface area contributed by atoms with Crippen molar-refractivity contribution in [3.63, 3.8) is 0 Å². The molecule has 0 bridgehead atoms. The molecule has 7 nitrogen and oxygen atoms in total. The van der Waals surface area contributed by atoms with Crippen LogP contribution in [0.15, 0.2) is 18.2 Å². The number of rotatable bonds is 6. The van der Waals surface area contributed by atoms with Gasteiger partial charge < -0.3 is 14.2 Å². The summed E-state index contributed by atoms with van der Waals surface area (Å²) in [5, 5.41) is 8.79. The Morgan fingerprint density at radius 2 is 2.21 bits per heavy atom. The van der Waals surface area contributed by atoms with Crippen LogP contribution in [0, 0.1) is 11.3 Å². The van der Waals surface area contributed by atoms with Crippen LogP contribution in [0.25, 0.3) is 0 Å². The van der Waals surface area contributed by atoms with Gasteiger partial charge in [0.2, 0.25) is 6.10 Å². The Morgan fingerprint density at radius 3 is 2.74 bits per heavy atom. The van der Waals surface area contributed by atoms with E-state index in [0.29, 0.717) is 17.1 Å². The standard InChI is InChI=1S/C12H15N3O4/c1-17-7-11(12(16)15-14)19-9-4-3-8(6-13)5-10(9)18-2/h3-5,11H,7,14H2,1-2H3,(H,15,16). The summed E-state index contributed by atoms with van der Waals surface area (Å²) in [4.78, 5) is 11.5. The highest BCUT2D eigenvalue weighted by atomic mass is 16.5. The van der Waals surface area contributed by atoms with E-state index in [0.717, 1.165) is 0 Å². The van der Waals surface area contributed by atoms with Gasteiger partial charge in [-0.25, -0.2) is 5.84 Å². The topological polar surface area (TPSA) is 107 Å². The molecule has 1 aromatic rings. The molecule has 1 amide bonds. The zero-order chi connectivity index (χ0) is 14.3. The van der Waals surface area contributed by atoms with Gasteiger partial charge in [-0.3, -0.25) is 10.2 Å². The van der Waals surface area contributed by atoms with Crippen molar-refractivity contribution >= 4 is 5.91 Å². The quantitative estimate of drug-likeness (QED) is 0.424. The lowest BCUT2D eigenvalue weighted by Crippen LogP contribution is -2.44. The van der Waals surface area contributed by atoms with Crippen LogP contribution in [-0.2, 0) is 9.53 Å². The van der Waals surface area contributed by atoms with E-state index in [4.69, 9.17) is 25.3 Å². The van der Waals surface area contributed by atoms with Gasteiger partial charge in [0.1, 0.15) is 0 Å². The maximum Gasteiger partial charge on any atom is 0.277 e. The van der Waals surface area contributed by atoms with Gasteiger partial charge in [0.15, 0.2) is 11.5 Å². The van der Waals surface area contributed by atoms with Gasteiger partial charge in [0.05, 0.1) is 25.3 Å². The van der Waals surface area contributed by atoms with Gasteiger partial charge >= 0.3 is 0 Å². The monoisotopic (exact) mass is 265 g/mol. The molecule has 0 saturated carbocycles. The predicted molar refractivity (Wildman–Crippen MR) is 66.3 cm³/mol. The minimum Gasteiger partial charge on any atom is -0.493 e. The lowest BCUT2D eigenvalue weighted by atomic mass is 10.2. The Kier molecular flexibility index (Phi) is 5.60. The van der Waals surface area contributed by atoms with Crippen LogP contribution in [0.3, 0.4) is 0 Å². The molecule has 3 N–H and O–H groups in total. The lowest BCUT2D eigenvalue weighted by molar-refractivity contribution is -0.130. The summed E-state index contributed by atoms with van der Waals surface area (Å²) < 4.78 is 15.5. The maximum absolute atomic E-state index is 11.5. The number of hydrogen-bond acceptors (Lipinski definition) is 6. The molecule has 1 unspecified atom stereocenters. The average Bonchev–Trinajstić information content (AvgIpc) is 2.46. The third kappa shape index (κ3) is 3.84. The van der Waals surface area contributed by atoms with Crippen LogP contribution in [0.5, 0.6) is 11.5 Å². The zero-order valence-electron chi connectivity index (χ0n) is 10.7. The first-order valence-corrected chi connectivity index (χ1v) is 5.40. The van der Waals surface area contributed by atoms with E-state index in [1.165, 1.54) is 20.3 Å². The molecule has 0 aliphatic heterocycles. The molecule has 7 heteroatoms. The first-order chi connectivity index (χ1) is 9.15. The van der Waals surface area contributed by atoms with Crippen molar-refractivity contribution in [2.75, 3.05) is 20.8 Å². The number of nitrogens with two attached hydrogens (primary N) is 1. The van der Waals surface area contributed by atoms with Gasteiger partial charge in [-0.15, -0.1) is 0 Å². The molecular weight excluding hydrogens is 250 g/mol. The number of hydrogen-bond donors (Lipinski definition) is 2. The molecule has 1 atom stereocenters. The predicted octanol–water partition coefficient (Wildman–Crippen LogP) is -0.0494. The molecule has 0 aliphatic rings. The van der Waals surface area contributed by atoms with E-state index >= 15 is 0 Å². The smallest absolute Gasteiger partial charge is 0.277 e. The van der Waals surface area contributed by atoms with Crippen LogP contribution in [0.4, 0.5) is 0 Å². The summed E-state index contributed by atoms with van der Waals surface area (Å²) in [5.74, 6) is 5.22. The number of nitrogens with one attached hydrogen (secondary N) is 1. The number of carbonyl (C=O) groups is 1. The molecule has 1 rings (SSSR count). The third-order valence-electron chi connectivity index (χ3n) is 2.31. The van der Waals surface area contributed by atoms with Crippen LogP contribution < -0.4 is 20.7 Å². The molecule has 0 aromatic heterocycles. The molecule has 0 aliphatic carbocycles. The Hall–Kier alpha value is -2.30. The number of nitrogens with zero attached hydrogens (tertiary/aromatic N) is 1. The summed E-state index contributed by atoms with van der Waals surface area (Å²) in [5.41, 5.74) is 2.42. The van der Waals surface area contributed by atoms with Crippen molar-refractivity contribution in [3.05, 3.63) is 23.8 Å². The summed E-state index contributed by atoms with van der Waals surface area (Å²) in [6, 6.07) is 6.60. The first-order valence-electron chi connectivity index (χ1n) is 5.40.